The second-order valence-corrected chi connectivity index (χ2v) is 18.3. The summed E-state index contributed by atoms with van der Waals surface area (Å²) in [4.78, 5) is 2.49. The van der Waals surface area contributed by atoms with Crippen LogP contribution in [0, 0.1) is 0 Å². The fraction of sp³-hybridized carbons (Fsp3) is 0.0154. The van der Waals surface area contributed by atoms with E-state index < -0.39 is 5.41 Å². The molecule has 0 saturated carbocycles. The molecule has 0 saturated heterocycles. The SMILES string of the molecule is c1ccc(N(c2ccc(-c3ccc4c(c3)oc3ccccc34)cc2)c2cccc3c2-c2ccccc2C32c3ccccc3-c3ccccc32)c(-c2ccc3oc4cc5ccccc5cc4c3c2)c1. The lowest BCUT2D eigenvalue weighted by atomic mass is 9.70. The summed E-state index contributed by atoms with van der Waals surface area (Å²) in [6.07, 6.45) is 0. The van der Waals surface area contributed by atoms with Crippen LogP contribution in [0.15, 0.2) is 245 Å². The van der Waals surface area contributed by atoms with Crippen LogP contribution in [-0.2, 0) is 5.41 Å². The van der Waals surface area contributed by atoms with E-state index in [4.69, 9.17) is 8.83 Å². The average molecular weight is 866 g/mol. The lowest BCUT2D eigenvalue weighted by Gasteiger charge is -2.32. The van der Waals surface area contributed by atoms with Crippen LogP contribution >= 0.6 is 0 Å². The van der Waals surface area contributed by atoms with Crippen LogP contribution in [0.2, 0.25) is 0 Å². The molecule has 0 bridgehead atoms. The first kappa shape index (κ1) is 37.3. The highest BCUT2D eigenvalue weighted by atomic mass is 16.3. The average Bonchev–Trinajstić information content (AvgIpc) is 4.13. The Balaban J connectivity index is 0.960. The van der Waals surface area contributed by atoms with Crippen molar-refractivity contribution in [1.82, 2.24) is 0 Å². The Morgan fingerprint density at radius 1 is 0.294 bits per heavy atom. The number of nitrogens with zero attached hydrogens (tertiary/aromatic N) is 1. The largest absolute Gasteiger partial charge is 0.456 e. The monoisotopic (exact) mass is 865 g/mol. The van der Waals surface area contributed by atoms with Gasteiger partial charge in [0.25, 0.3) is 0 Å². The Labute approximate surface area is 392 Å². The van der Waals surface area contributed by atoms with E-state index >= 15 is 0 Å². The standard InChI is InChI=1S/C65H39NO2/c1-2-15-42-38-63-53(36-41(42)14-1)52-37-44(31-35-61(52)68-63)46-16-6-11-25-58(46)66(45-32-28-40(29-33-45)43-30-34-50-49-19-7-12-27-60(49)67-62(50)39-43)59-26-13-24-57-64(59)51-20-5-10-23-56(51)65(57)54-21-8-3-17-47(54)48-18-4-9-22-55(48)65/h1-39H. The Bertz CT molecular complexity index is 4180. The van der Waals surface area contributed by atoms with Gasteiger partial charge >= 0.3 is 0 Å². The van der Waals surface area contributed by atoms with Crippen LogP contribution in [0.4, 0.5) is 17.1 Å². The highest BCUT2D eigenvalue weighted by Gasteiger charge is 2.52. The maximum atomic E-state index is 6.52. The van der Waals surface area contributed by atoms with Gasteiger partial charge in [0.05, 0.1) is 16.8 Å². The summed E-state index contributed by atoms with van der Waals surface area (Å²) in [6.45, 7) is 0. The predicted molar refractivity (Wildman–Crippen MR) is 280 cm³/mol. The lowest BCUT2D eigenvalue weighted by molar-refractivity contribution is 0.669. The number of hydrogen-bond acceptors (Lipinski definition) is 3. The molecule has 0 amide bonds. The molecule has 2 aliphatic rings. The van der Waals surface area contributed by atoms with E-state index in [9.17, 15) is 0 Å². The molecule has 2 aromatic heterocycles. The van der Waals surface area contributed by atoms with Gasteiger partial charge in [0.1, 0.15) is 22.3 Å². The highest BCUT2D eigenvalue weighted by molar-refractivity contribution is 6.12. The molecule has 0 N–H and O–H groups in total. The highest BCUT2D eigenvalue weighted by Crippen LogP contribution is 2.65. The Morgan fingerprint density at radius 3 is 1.60 bits per heavy atom. The summed E-state index contributed by atoms with van der Waals surface area (Å²) in [5.74, 6) is 0. The summed E-state index contributed by atoms with van der Waals surface area (Å²) < 4.78 is 12.9. The molecule has 15 rings (SSSR count). The molecule has 0 atom stereocenters. The van der Waals surface area contributed by atoms with E-state index in [1.165, 1.54) is 55.3 Å². The van der Waals surface area contributed by atoms with E-state index in [2.05, 4.69) is 229 Å². The number of rotatable bonds is 5. The summed E-state index contributed by atoms with van der Waals surface area (Å²) in [5.41, 5.74) is 21.2. The molecular formula is C65H39NO2. The topological polar surface area (TPSA) is 29.5 Å². The van der Waals surface area contributed by atoms with Crippen LogP contribution < -0.4 is 4.90 Å². The minimum Gasteiger partial charge on any atom is -0.456 e. The van der Waals surface area contributed by atoms with Gasteiger partial charge in [0, 0.05) is 38.4 Å². The molecule has 11 aromatic carbocycles. The zero-order valence-electron chi connectivity index (χ0n) is 36.8. The first-order chi connectivity index (χ1) is 33.7. The van der Waals surface area contributed by atoms with Crippen LogP contribution in [0.25, 0.3) is 99.2 Å². The fourth-order valence-corrected chi connectivity index (χ4v) is 12.0. The third-order valence-corrected chi connectivity index (χ3v) is 14.9. The molecule has 0 aliphatic heterocycles. The zero-order chi connectivity index (χ0) is 44.5. The number of hydrogen-bond donors (Lipinski definition) is 0. The van der Waals surface area contributed by atoms with Crippen molar-refractivity contribution in [2.75, 3.05) is 4.90 Å². The molecule has 0 radical (unpaired) electrons. The quantitative estimate of drug-likeness (QED) is 0.173. The Hall–Kier alpha value is -8.92. The maximum Gasteiger partial charge on any atom is 0.136 e. The molecule has 68 heavy (non-hydrogen) atoms. The molecule has 3 heteroatoms. The third kappa shape index (κ3) is 5.13. The van der Waals surface area contributed by atoms with Gasteiger partial charge in [0.2, 0.25) is 0 Å². The molecule has 1 spiro atoms. The van der Waals surface area contributed by atoms with Gasteiger partial charge in [-0.1, -0.05) is 170 Å². The van der Waals surface area contributed by atoms with Crippen molar-refractivity contribution in [3.63, 3.8) is 0 Å². The predicted octanol–water partition coefficient (Wildman–Crippen LogP) is 17.8. The number of benzene rings is 11. The van der Waals surface area contributed by atoms with E-state index in [0.29, 0.717) is 0 Å². The van der Waals surface area contributed by atoms with Crippen molar-refractivity contribution in [1.29, 1.82) is 0 Å². The molecular weight excluding hydrogens is 827 g/mol. The van der Waals surface area contributed by atoms with Gasteiger partial charge in [-0.05, 0) is 133 Å². The smallest absolute Gasteiger partial charge is 0.136 e. The van der Waals surface area contributed by atoms with Gasteiger partial charge < -0.3 is 13.7 Å². The number of furan rings is 2. The zero-order valence-corrected chi connectivity index (χ0v) is 36.8. The third-order valence-electron chi connectivity index (χ3n) is 14.9. The molecule has 13 aromatic rings. The molecule has 316 valence electrons. The first-order valence-electron chi connectivity index (χ1n) is 23.4. The second-order valence-electron chi connectivity index (χ2n) is 18.3. The van der Waals surface area contributed by atoms with Crippen molar-refractivity contribution in [3.8, 4) is 44.5 Å². The Morgan fingerprint density at radius 2 is 0.824 bits per heavy atom. The first-order valence-corrected chi connectivity index (χ1v) is 23.4. The van der Waals surface area contributed by atoms with Crippen molar-refractivity contribution in [3.05, 3.63) is 259 Å². The van der Waals surface area contributed by atoms with Crippen molar-refractivity contribution in [2.24, 2.45) is 0 Å². The minimum absolute atomic E-state index is 0.475. The van der Waals surface area contributed by atoms with Crippen LogP contribution in [0.3, 0.4) is 0 Å². The Kier molecular flexibility index (Phi) is 7.71. The molecule has 0 unspecified atom stereocenters. The minimum atomic E-state index is -0.475. The van der Waals surface area contributed by atoms with Gasteiger partial charge in [-0.3, -0.25) is 0 Å². The van der Waals surface area contributed by atoms with E-state index in [1.54, 1.807) is 0 Å². The maximum absolute atomic E-state index is 6.52. The van der Waals surface area contributed by atoms with E-state index in [1.807, 2.05) is 12.1 Å². The van der Waals surface area contributed by atoms with Gasteiger partial charge in [-0.25, -0.2) is 0 Å². The summed E-state index contributed by atoms with van der Waals surface area (Å²) >= 11 is 0. The summed E-state index contributed by atoms with van der Waals surface area (Å²) in [5, 5.41) is 6.85. The second kappa shape index (κ2) is 14.0. The number of fused-ring (bicyclic) bond motifs is 17. The van der Waals surface area contributed by atoms with Crippen LogP contribution in [0.1, 0.15) is 22.3 Å². The molecule has 2 aliphatic carbocycles. The van der Waals surface area contributed by atoms with E-state index in [-0.39, 0.29) is 0 Å². The summed E-state index contributed by atoms with van der Waals surface area (Å²) in [6, 6.07) is 86.5. The van der Waals surface area contributed by atoms with Crippen molar-refractivity contribution >= 4 is 71.7 Å². The van der Waals surface area contributed by atoms with Crippen molar-refractivity contribution < 1.29 is 8.83 Å². The number of para-hydroxylation sites is 2. The van der Waals surface area contributed by atoms with Gasteiger partial charge in [-0.15, -0.1) is 0 Å². The molecule has 2 heterocycles. The van der Waals surface area contributed by atoms with E-state index in [0.717, 1.165) is 83.2 Å². The van der Waals surface area contributed by atoms with Crippen LogP contribution in [-0.4, -0.2) is 0 Å². The van der Waals surface area contributed by atoms with Crippen molar-refractivity contribution in [2.45, 2.75) is 5.41 Å². The number of anilines is 3. The van der Waals surface area contributed by atoms with Gasteiger partial charge in [0.15, 0.2) is 0 Å². The van der Waals surface area contributed by atoms with Crippen LogP contribution in [0.5, 0.6) is 0 Å². The normalized spacial score (nSPS) is 13.1. The molecule has 3 nitrogen and oxygen atoms in total. The summed E-state index contributed by atoms with van der Waals surface area (Å²) in [7, 11) is 0. The van der Waals surface area contributed by atoms with Gasteiger partial charge in [-0.2, -0.15) is 0 Å². The fourth-order valence-electron chi connectivity index (χ4n) is 12.0. The lowest BCUT2D eigenvalue weighted by Crippen LogP contribution is -2.26. The molecule has 0 fully saturated rings.